The minimum absolute atomic E-state index is 0.0207. The molecule has 57 heavy (non-hydrogen) atoms. The van der Waals surface area contributed by atoms with Gasteiger partial charge in [-0.3, -0.25) is 4.79 Å². The number of ether oxygens (including phenoxy) is 2. The highest BCUT2D eigenvalue weighted by Gasteiger charge is 2.33. The summed E-state index contributed by atoms with van der Waals surface area (Å²) in [5, 5.41) is 13.5. The average Bonchev–Trinajstić information content (AvgIpc) is 3.66. The van der Waals surface area contributed by atoms with Crippen molar-refractivity contribution in [3.8, 4) is 11.1 Å². The molecular formula is C45H46N4O6S2. The van der Waals surface area contributed by atoms with Crippen molar-refractivity contribution in [2.75, 3.05) is 5.75 Å². The van der Waals surface area contributed by atoms with E-state index < -0.39 is 28.3 Å². The number of hydrogen-bond donors (Lipinski definition) is 3. The van der Waals surface area contributed by atoms with Crippen LogP contribution in [0.25, 0.3) is 11.1 Å². The third-order valence-corrected chi connectivity index (χ3v) is 12.7. The number of carbonyl (C=O) groups is 1. The molecule has 294 valence electrons. The van der Waals surface area contributed by atoms with Gasteiger partial charge in [0, 0.05) is 43.7 Å². The van der Waals surface area contributed by atoms with Gasteiger partial charge in [-0.1, -0.05) is 133 Å². The number of aryl methyl sites for hydroxylation is 2. The highest BCUT2D eigenvalue weighted by Crippen LogP contribution is 2.40. The van der Waals surface area contributed by atoms with Gasteiger partial charge in [0.05, 0.1) is 23.7 Å². The van der Waals surface area contributed by atoms with Gasteiger partial charge in [0.15, 0.2) is 11.4 Å². The standard InChI is InChI=1S/C45H46N4O6S2/c1-31-12-22-39(23-13-31)57(52,53)48-41(26-32-8-4-3-5-9-32)43(51)47-28-37-10-6-7-11-40(37)34-18-20-36(21-19-34)44-54-38(30-56-45-46-24-25-49(45)2)27-42(55-44)35-16-14-33(29-50)15-17-35/h3-25,38,41-42,44,48,50H,26-30H2,1-2H3,(H,47,51). The number of aromatic nitrogens is 2. The second-order valence-electron chi connectivity index (χ2n) is 14.2. The molecule has 1 fully saturated rings. The van der Waals surface area contributed by atoms with E-state index in [4.69, 9.17) is 9.47 Å². The van der Waals surface area contributed by atoms with Crippen LogP contribution in [0.3, 0.4) is 0 Å². The van der Waals surface area contributed by atoms with Gasteiger partial charge < -0.3 is 24.5 Å². The van der Waals surface area contributed by atoms with E-state index in [9.17, 15) is 18.3 Å². The van der Waals surface area contributed by atoms with Crippen LogP contribution in [0.2, 0.25) is 0 Å². The van der Waals surface area contributed by atoms with Crippen molar-refractivity contribution in [2.24, 2.45) is 7.05 Å². The Bertz CT molecular complexity index is 2350. The predicted octanol–water partition coefficient (Wildman–Crippen LogP) is 7.43. The molecule has 6 aromatic rings. The summed E-state index contributed by atoms with van der Waals surface area (Å²) in [4.78, 5) is 18.3. The van der Waals surface area contributed by atoms with Gasteiger partial charge in [-0.15, -0.1) is 0 Å². The van der Waals surface area contributed by atoms with E-state index in [2.05, 4.69) is 15.0 Å². The Morgan fingerprint density at radius 2 is 1.58 bits per heavy atom. The number of thioether (sulfide) groups is 1. The number of aliphatic hydroxyl groups is 1. The van der Waals surface area contributed by atoms with Crippen molar-refractivity contribution in [1.82, 2.24) is 19.6 Å². The molecule has 1 saturated heterocycles. The molecule has 0 saturated carbocycles. The van der Waals surface area contributed by atoms with Crippen LogP contribution in [0.1, 0.15) is 52.2 Å². The van der Waals surface area contributed by atoms with E-state index >= 15 is 0 Å². The molecule has 1 aliphatic rings. The molecule has 0 bridgehead atoms. The zero-order valence-electron chi connectivity index (χ0n) is 31.8. The molecule has 0 radical (unpaired) electrons. The molecule has 1 amide bonds. The van der Waals surface area contributed by atoms with E-state index in [0.717, 1.165) is 49.7 Å². The van der Waals surface area contributed by atoms with Crippen LogP contribution in [-0.4, -0.2) is 46.9 Å². The van der Waals surface area contributed by atoms with E-state index in [1.54, 1.807) is 42.2 Å². The maximum absolute atomic E-state index is 13.8. The second kappa shape index (κ2) is 18.5. The van der Waals surface area contributed by atoms with E-state index in [-0.39, 0.29) is 36.7 Å². The molecule has 4 atom stereocenters. The molecule has 3 N–H and O–H groups in total. The second-order valence-corrected chi connectivity index (χ2v) is 16.9. The first-order chi connectivity index (χ1) is 27.6. The zero-order valence-corrected chi connectivity index (χ0v) is 33.5. The van der Waals surface area contributed by atoms with Crippen LogP contribution >= 0.6 is 11.8 Å². The van der Waals surface area contributed by atoms with Gasteiger partial charge in [0.1, 0.15) is 6.04 Å². The Morgan fingerprint density at radius 3 is 2.28 bits per heavy atom. The first kappa shape index (κ1) is 40.1. The number of hydrogen-bond acceptors (Lipinski definition) is 8. The van der Waals surface area contributed by atoms with Crippen LogP contribution in [0.5, 0.6) is 0 Å². The Balaban J connectivity index is 1.07. The van der Waals surface area contributed by atoms with Gasteiger partial charge in [-0.2, -0.15) is 4.72 Å². The number of nitrogens with zero attached hydrogens (tertiary/aromatic N) is 2. The van der Waals surface area contributed by atoms with Crippen molar-refractivity contribution in [1.29, 1.82) is 0 Å². The highest BCUT2D eigenvalue weighted by atomic mass is 32.2. The molecule has 7 rings (SSSR count). The number of nitrogens with one attached hydrogen (secondary N) is 2. The first-order valence-corrected chi connectivity index (χ1v) is 21.3. The summed E-state index contributed by atoms with van der Waals surface area (Å²) < 4.78 is 44.6. The summed E-state index contributed by atoms with van der Waals surface area (Å²) in [6.45, 7) is 2.06. The van der Waals surface area contributed by atoms with E-state index in [1.807, 2.05) is 128 Å². The third-order valence-electron chi connectivity index (χ3n) is 9.98. The Hall–Kier alpha value is -5.08. The quantitative estimate of drug-likeness (QED) is 0.0915. The lowest BCUT2D eigenvalue weighted by molar-refractivity contribution is -0.245. The topological polar surface area (TPSA) is 132 Å². The van der Waals surface area contributed by atoms with Crippen LogP contribution < -0.4 is 10.0 Å². The minimum atomic E-state index is -3.98. The molecule has 4 unspecified atom stereocenters. The smallest absolute Gasteiger partial charge is 0.241 e. The molecule has 1 aromatic heterocycles. The maximum Gasteiger partial charge on any atom is 0.241 e. The lowest BCUT2D eigenvalue weighted by Crippen LogP contribution is -2.47. The molecule has 5 aromatic carbocycles. The molecule has 2 heterocycles. The number of aliphatic hydroxyl groups excluding tert-OH is 1. The fourth-order valence-corrected chi connectivity index (χ4v) is 8.92. The van der Waals surface area contributed by atoms with Crippen molar-refractivity contribution in [2.45, 2.75) is 67.5 Å². The number of sulfonamides is 1. The third kappa shape index (κ3) is 10.3. The maximum atomic E-state index is 13.8. The largest absolute Gasteiger partial charge is 0.392 e. The first-order valence-electron chi connectivity index (χ1n) is 18.8. The van der Waals surface area contributed by atoms with Gasteiger partial charge in [-0.05, 0) is 58.9 Å². The highest BCUT2D eigenvalue weighted by molar-refractivity contribution is 7.99. The number of carbonyl (C=O) groups excluding carboxylic acids is 1. The molecule has 1 aliphatic heterocycles. The van der Waals surface area contributed by atoms with Crippen LogP contribution in [0.15, 0.2) is 150 Å². The summed E-state index contributed by atoms with van der Waals surface area (Å²) >= 11 is 1.65. The van der Waals surface area contributed by atoms with Gasteiger partial charge >= 0.3 is 0 Å². The van der Waals surface area contributed by atoms with E-state index in [0.29, 0.717) is 12.2 Å². The molecule has 10 nitrogen and oxygen atoms in total. The fraction of sp³-hybridized carbons (Fsp3) is 0.244. The van der Waals surface area contributed by atoms with Gasteiger partial charge in [-0.25, -0.2) is 13.4 Å². The SMILES string of the molecule is Cc1ccc(S(=O)(=O)NC(Cc2ccccc2)C(=O)NCc2ccccc2-c2ccc(C3OC(CSc4nccn4C)CC(c4ccc(CO)cc4)O3)cc2)cc1. The Labute approximate surface area is 338 Å². The fourth-order valence-electron chi connectivity index (χ4n) is 6.77. The molecule has 0 aliphatic carbocycles. The minimum Gasteiger partial charge on any atom is -0.392 e. The van der Waals surface area contributed by atoms with Crippen molar-refractivity contribution in [3.05, 3.63) is 173 Å². The van der Waals surface area contributed by atoms with Crippen molar-refractivity contribution in [3.63, 3.8) is 0 Å². The predicted molar refractivity (Wildman–Crippen MR) is 222 cm³/mol. The summed E-state index contributed by atoms with van der Waals surface area (Å²) in [5.74, 6) is 0.273. The number of amides is 1. The lowest BCUT2D eigenvalue weighted by Gasteiger charge is -2.36. The van der Waals surface area contributed by atoms with Gasteiger partial charge in [0.2, 0.25) is 15.9 Å². The van der Waals surface area contributed by atoms with Crippen molar-refractivity contribution < 1.29 is 27.8 Å². The van der Waals surface area contributed by atoms with E-state index in [1.165, 1.54) is 0 Å². The summed E-state index contributed by atoms with van der Waals surface area (Å²) in [6.07, 6.45) is 3.64. The molecule has 0 spiro atoms. The zero-order chi connectivity index (χ0) is 39.8. The summed E-state index contributed by atoms with van der Waals surface area (Å²) in [6, 6.07) is 38.6. The van der Waals surface area contributed by atoms with Crippen LogP contribution in [-0.2, 0) is 50.9 Å². The molecular weight excluding hydrogens is 757 g/mol. The molecule has 12 heteroatoms. The number of benzene rings is 5. The summed E-state index contributed by atoms with van der Waals surface area (Å²) in [7, 11) is -2.00. The number of rotatable bonds is 15. The average molecular weight is 803 g/mol. The Morgan fingerprint density at radius 1 is 0.877 bits per heavy atom. The lowest BCUT2D eigenvalue weighted by atomic mass is 9.97. The van der Waals surface area contributed by atoms with Gasteiger partial charge in [0.25, 0.3) is 0 Å². The van der Waals surface area contributed by atoms with Crippen LogP contribution in [0, 0.1) is 6.92 Å². The Kier molecular flexibility index (Phi) is 13.0. The monoisotopic (exact) mass is 802 g/mol. The summed E-state index contributed by atoms with van der Waals surface area (Å²) in [5.41, 5.74) is 7.26. The normalized spacial score (nSPS) is 17.6. The van der Waals surface area contributed by atoms with Crippen LogP contribution in [0.4, 0.5) is 0 Å². The number of imidazole rings is 1. The van der Waals surface area contributed by atoms with Crippen molar-refractivity contribution >= 4 is 27.7 Å².